The van der Waals surface area contributed by atoms with Crippen LogP contribution in [0.2, 0.25) is 0 Å². The van der Waals surface area contributed by atoms with Gasteiger partial charge in [0.05, 0.1) is 4.92 Å². The van der Waals surface area contributed by atoms with Gasteiger partial charge in [-0.05, 0) is 30.0 Å². The van der Waals surface area contributed by atoms with Crippen LogP contribution in [0.15, 0.2) is 53.1 Å². The van der Waals surface area contributed by atoms with Gasteiger partial charge in [0.2, 0.25) is 5.82 Å². The van der Waals surface area contributed by atoms with Gasteiger partial charge in [0, 0.05) is 17.7 Å². The molecule has 7 heteroatoms. The maximum absolute atomic E-state index is 10.9. The largest absolute Gasteiger partial charge is 0.481 e. The van der Waals surface area contributed by atoms with Gasteiger partial charge in [-0.3, -0.25) is 10.1 Å². The summed E-state index contributed by atoms with van der Waals surface area (Å²) in [6.07, 6.45) is -0.453. The van der Waals surface area contributed by atoms with E-state index in [1.165, 1.54) is 17.7 Å². The predicted molar refractivity (Wildman–Crippen MR) is 101 cm³/mol. The van der Waals surface area contributed by atoms with E-state index < -0.39 is 11.0 Å². The van der Waals surface area contributed by atoms with E-state index in [1.54, 1.807) is 12.1 Å². The molecule has 0 amide bonds. The zero-order valence-corrected chi connectivity index (χ0v) is 15.7. The lowest BCUT2D eigenvalue weighted by atomic mass is 9.87. The first kappa shape index (κ1) is 18.6. The number of rotatable bonds is 5. The Hall–Kier alpha value is -3.22. The molecule has 0 fully saturated rings. The summed E-state index contributed by atoms with van der Waals surface area (Å²) in [6.45, 7) is 8.26. The Kier molecular flexibility index (Phi) is 4.94. The van der Waals surface area contributed by atoms with Crippen LogP contribution in [0, 0.1) is 10.1 Å². The molecule has 0 N–H and O–H groups in total. The van der Waals surface area contributed by atoms with E-state index in [0.717, 1.165) is 0 Å². The maximum atomic E-state index is 10.9. The molecule has 140 valence electrons. The standard InChI is InChI=1S/C20H21N3O4/c1-13(26-17-10-8-15(9-11-17)20(2,3)4)19-21-18(22-27-19)14-6-5-7-16(12-14)23(24)25/h5-13H,1-4H3/t13-/m0/s1. The SMILES string of the molecule is C[C@H](Oc1ccc(C(C)(C)C)cc1)c1nc(-c2cccc([N+](=O)[O-])c2)no1. The van der Waals surface area contributed by atoms with Crippen molar-refractivity contribution in [2.45, 2.75) is 39.2 Å². The van der Waals surface area contributed by atoms with Crippen molar-refractivity contribution < 1.29 is 14.2 Å². The number of ether oxygens (including phenoxy) is 1. The second-order valence-corrected chi connectivity index (χ2v) is 7.30. The van der Waals surface area contributed by atoms with Crippen molar-refractivity contribution in [3.05, 3.63) is 70.1 Å². The Morgan fingerprint density at radius 3 is 2.48 bits per heavy atom. The summed E-state index contributed by atoms with van der Waals surface area (Å²) >= 11 is 0. The van der Waals surface area contributed by atoms with Crippen molar-refractivity contribution in [3.8, 4) is 17.1 Å². The van der Waals surface area contributed by atoms with Crippen molar-refractivity contribution >= 4 is 5.69 Å². The number of nitrogens with zero attached hydrogens (tertiary/aromatic N) is 3. The van der Waals surface area contributed by atoms with Crippen molar-refractivity contribution in [1.82, 2.24) is 10.1 Å². The number of benzene rings is 2. The Morgan fingerprint density at radius 2 is 1.85 bits per heavy atom. The van der Waals surface area contributed by atoms with Crippen LogP contribution in [-0.2, 0) is 5.41 Å². The quantitative estimate of drug-likeness (QED) is 0.461. The van der Waals surface area contributed by atoms with E-state index in [4.69, 9.17) is 9.26 Å². The maximum Gasteiger partial charge on any atom is 0.270 e. The molecule has 0 saturated heterocycles. The second kappa shape index (κ2) is 7.19. The van der Waals surface area contributed by atoms with Crippen LogP contribution in [0.4, 0.5) is 5.69 Å². The molecule has 0 bridgehead atoms. The fourth-order valence-electron chi connectivity index (χ4n) is 2.56. The van der Waals surface area contributed by atoms with Crippen LogP contribution < -0.4 is 4.74 Å². The van der Waals surface area contributed by atoms with E-state index in [0.29, 0.717) is 17.2 Å². The first-order chi connectivity index (χ1) is 12.7. The minimum Gasteiger partial charge on any atom is -0.481 e. The molecule has 2 aromatic carbocycles. The van der Waals surface area contributed by atoms with Gasteiger partial charge in [0.1, 0.15) is 5.75 Å². The molecule has 0 spiro atoms. The summed E-state index contributed by atoms with van der Waals surface area (Å²) in [5, 5.41) is 14.8. The highest BCUT2D eigenvalue weighted by atomic mass is 16.6. The van der Waals surface area contributed by atoms with E-state index >= 15 is 0 Å². The van der Waals surface area contributed by atoms with Crippen molar-refractivity contribution in [2.24, 2.45) is 0 Å². The molecule has 0 saturated carbocycles. The highest BCUT2D eigenvalue weighted by Gasteiger charge is 2.19. The minimum absolute atomic E-state index is 0.0258. The first-order valence-corrected chi connectivity index (χ1v) is 8.59. The number of nitro benzene ring substituents is 1. The molecule has 7 nitrogen and oxygen atoms in total. The van der Waals surface area contributed by atoms with Gasteiger partial charge >= 0.3 is 0 Å². The van der Waals surface area contributed by atoms with Crippen LogP contribution >= 0.6 is 0 Å². The predicted octanol–water partition coefficient (Wildman–Crippen LogP) is 5.08. The summed E-state index contributed by atoms with van der Waals surface area (Å²) in [4.78, 5) is 14.8. The Morgan fingerprint density at radius 1 is 1.15 bits per heavy atom. The normalized spacial score (nSPS) is 12.6. The lowest BCUT2D eigenvalue weighted by Crippen LogP contribution is -2.10. The van der Waals surface area contributed by atoms with Crippen LogP contribution in [-0.4, -0.2) is 15.1 Å². The van der Waals surface area contributed by atoms with E-state index in [2.05, 4.69) is 30.9 Å². The van der Waals surface area contributed by atoms with Crippen molar-refractivity contribution in [2.75, 3.05) is 0 Å². The molecule has 0 aliphatic heterocycles. The van der Waals surface area contributed by atoms with Crippen LogP contribution in [0.5, 0.6) is 5.75 Å². The number of non-ortho nitro benzene ring substituents is 1. The average Bonchev–Trinajstić information content (AvgIpc) is 3.12. The summed E-state index contributed by atoms with van der Waals surface area (Å²) in [5.41, 5.74) is 1.78. The van der Waals surface area contributed by atoms with Gasteiger partial charge in [-0.1, -0.05) is 50.2 Å². The molecular weight excluding hydrogens is 346 g/mol. The van der Waals surface area contributed by atoms with Gasteiger partial charge in [0.25, 0.3) is 11.6 Å². The van der Waals surface area contributed by atoms with E-state index in [9.17, 15) is 10.1 Å². The molecule has 27 heavy (non-hydrogen) atoms. The van der Waals surface area contributed by atoms with Crippen LogP contribution in [0.1, 0.15) is 45.3 Å². The molecule has 0 unspecified atom stereocenters. The molecule has 0 aliphatic rings. The van der Waals surface area contributed by atoms with Crippen LogP contribution in [0.3, 0.4) is 0 Å². The van der Waals surface area contributed by atoms with Crippen LogP contribution in [0.25, 0.3) is 11.4 Å². The van der Waals surface area contributed by atoms with Crippen molar-refractivity contribution in [1.29, 1.82) is 0 Å². The molecule has 3 aromatic rings. The Balaban J connectivity index is 1.74. The molecule has 1 aromatic heterocycles. The minimum atomic E-state index is -0.461. The zero-order chi connectivity index (χ0) is 19.6. The Bertz CT molecular complexity index is 942. The summed E-state index contributed by atoms with van der Waals surface area (Å²) in [5.74, 6) is 1.29. The fraction of sp³-hybridized carbons (Fsp3) is 0.300. The summed E-state index contributed by atoms with van der Waals surface area (Å²) in [7, 11) is 0. The van der Waals surface area contributed by atoms with Gasteiger partial charge in [0.15, 0.2) is 6.10 Å². The van der Waals surface area contributed by atoms with Gasteiger partial charge < -0.3 is 9.26 Å². The molecule has 1 heterocycles. The van der Waals surface area contributed by atoms with Crippen molar-refractivity contribution in [3.63, 3.8) is 0 Å². The summed E-state index contributed by atoms with van der Waals surface area (Å²) < 4.78 is 11.2. The molecular formula is C20H21N3O4. The zero-order valence-electron chi connectivity index (χ0n) is 15.7. The highest BCUT2D eigenvalue weighted by Crippen LogP contribution is 2.28. The Labute approximate surface area is 157 Å². The van der Waals surface area contributed by atoms with Gasteiger partial charge in [-0.2, -0.15) is 4.98 Å². The number of aromatic nitrogens is 2. The fourth-order valence-corrected chi connectivity index (χ4v) is 2.56. The highest BCUT2D eigenvalue weighted by molar-refractivity contribution is 5.58. The lowest BCUT2D eigenvalue weighted by Gasteiger charge is -2.19. The molecule has 3 rings (SSSR count). The molecule has 0 aliphatic carbocycles. The number of nitro groups is 1. The van der Waals surface area contributed by atoms with E-state index in [1.807, 2.05) is 31.2 Å². The first-order valence-electron chi connectivity index (χ1n) is 8.59. The summed E-state index contributed by atoms with van der Waals surface area (Å²) in [6, 6.07) is 14.0. The average molecular weight is 367 g/mol. The number of hydrogen-bond acceptors (Lipinski definition) is 6. The number of hydrogen-bond donors (Lipinski definition) is 0. The van der Waals surface area contributed by atoms with E-state index in [-0.39, 0.29) is 16.9 Å². The lowest BCUT2D eigenvalue weighted by molar-refractivity contribution is -0.384. The monoisotopic (exact) mass is 367 g/mol. The third kappa shape index (κ3) is 4.31. The third-order valence-electron chi connectivity index (χ3n) is 4.14. The second-order valence-electron chi connectivity index (χ2n) is 7.30. The smallest absolute Gasteiger partial charge is 0.270 e. The third-order valence-corrected chi connectivity index (χ3v) is 4.14. The van der Waals surface area contributed by atoms with Gasteiger partial charge in [-0.15, -0.1) is 0 Å². The molecule has 1 atom stereocenters. The molecule has 0 radical (unpaired) electrons. The topological polar surface area (TPSA) is 91.3 Å². The van der Waals surface area contributed by atoms with Gasteiger partial charge in [-0.25, -0.2) is 0 Å².